The fourth-order valence-corrected chi connectivity index (χ4v) is 2.41. The lowest BCUT2D eigenvalue weighted by Crippen LogP contribution is -2.16. The molecule has 2 aromatic rings. The Morgan fingerprint density at radius 2 is 1.96 bits per heavy atom. The third-order valence-corrected chi connectivity index (χ3v) is 3.56. The molecule has 2 rings (SSSR count). The molecule has 1 aromatic heterocycles. The summed E-state index contributed by atoms with van der Waals surface area (Å²) in [6.07, 6.45) is 2.01. The van der Waals surface area contributed by atoms with Gasteiger partial charge in [-0.1, -0.05) is 26.3 Å². The molecule has 0 aliphatic carbocycles. The Bertz CT molecular complexity index is 756. The molecule has 0 amide bonds. The van der Waals surface area contributed by atoms with Crippen LogP contribution in [-0.4, -0.2) is 19.2 Å². The van der Waals surface area contributed by atoms with Crippen LogP contribution in [0.3, 0.4) is 0 Å². The number of furan rings is 1. The summed E-state index contributed by atoms with van der Waals surface area (Å²) >= 11 is 0. The number of hydrogen-bond donors (Lipinski definition) is 0. The maximum Gasteiger partial charge on any atom is 0.342 e. The number of ether oxygens (including phenoxy) is 2. The average Bonchev–Trinajstić information content (AvgIpc) is 2.86. The largest absolute Gasteiger partial charge is 0.490 e. The molecule has 0 spiro atoms. The lowest BCUT2D eigenvalue weighted by molar-refractivity contribution is 0.0523. The van der Waals surface area contributed by atoms with Gasteiger partial charge >= 0.3 is 5.97 Å². The Balaban J connectivity index is 2.51. The first kappa shape index (κ1) is 18.1. The molecular formula is C20H26O4. The number of carbonyl (C=O) groups is 1. The fourth-order valence-electron chi connectivity index (χ4n) is 2.41. The molecule has 0 saturated carbocycles. The van der Waals surface area contributed by atoms with Crippen LogP contribution in [0.2, 0.25) is 0 Å². The summed E-state index contributed by atoms with van der Waals surface area (Å²) in [5.41, 5.74) is 2.05. The normalized spacial score (nSPS) is 11.4. The van der Waals surface area contributed by atoms with Gasteiger partial charge in [0.1, 0.15) is 29.3 Å². The number of fused-ring (bicyclic) bond motifs is 1. The number of esters is 1. The van der Waals surface area contributed by atoms with Gasteiger partial charge in [-0.3, -0.25) is 0 Å². The van der Waals surface area contributed by atoms with Crippen LogP contribution in [0.15, 0.2) is 34.3 Å². The van der Waals surface area contributed by atoms with E-state index in [4.69, 9.17) is 13.9 Å². The Labute approximate surface area is 143 Å². The van der Waals surface area contributed by atoms with E-state index in [1.54, 1.807) is 6.92 Å². The SMILES string of the molecule is CCOC(=O)c1c(C(C)(C)C)oc2ccc(OCC=C(C)C)cc12. The van der Waals surface area contributed by atoms with Gasteiger partial charge in [0, 0.05) is 10.8 Å². The molecule has 4 heteroatoms. The van der Waals surface area contributed by atoms with Crippen molar-refractivity contribution in [1.82, 2.24) is 0 Å². The minimum absolute atomic E-state index is 0.301. The predicted molar refractivity (Wildman–Crippen MR) is 95.8 cm³/mol. The molecule has 0 atom stereocenters. The van der Waals surface area contributed by atoms with Crippen molar-refractivity contribution >= 4 is 16.9 Å². The minimum atomic E-state index is -0.359. The highest BCUT2D eigenvalue weighted by atomic mass is 16.5. The van der Waals surface area contributed by atoms with E-state index in [9.17, 15) is 4.79 Å². The first-order valence-corrected chi connectivity index (χ1v) is 8.24. The van der Waals surface area contributed by atoms with Gasteiger partial charge in [0.15, 0.2) is 0 Å². The lowest BCUT2D eigenvalue weighted by atomic mass is 9.89. The van der Waals surface area contributed by atoms with Crippen LogP contribution in [0.4, 0.5) is 0 Å². The standard InChI is InChI=1S/C20H26O4/c1-7-22-19(21)17-15-12-14(23-11-10-13(2)3)8-9-16(15)24-18(17)20(4,5)6/h8-10,12H,7,11H2,1-6H3. The summed E-state index contributed by atoms with van der Waals surface area (Å²) in [6, 6.07) is 5.54. The van der Waals surface area contributed by atoms with Gasteiger partial charge < -0.3 is 13.9 Å². The third kappa shape index (κ3) is 3.99. The Morgan fingerprint density at radius 1 is 1.25 bits per heavy atom. The van der Waals surface area contributed by atoms with Gasteiger partial charge in [0.2, 0.25) is 0 Å². The zero-order valence-corrected chi connectivity index (χ0v) is 15.4. The summed E-state index contributed by atoms with van der Waals surface area (Å²) in [6.45, 7) is 12.7. The van der Waals surface area contributed by atoms with E-state index in [1.807, 2.05) is 58.9 Å². The molecule has 0 aliphatic heterocycles. The van der Waals surface area contributed by atoms with Crippen molar-refractivity contribution in [3.8, 4) is 5.75 Å². The molecule has 0 bridgehead atoms. The van der Waals surface area contributed by atoms with Crippen LogP contribution in [0.5, 0.6) is 5.75 Å². The maximum atomic E-state index is 12.5. The third-order valence-electron chi connectivity index (χ3n) is 3.56. The fraction of sp³-hybridized carbons (Fsp3) is 0.450. The number of hydrogen-bond acceptors (Lipinski definition) is 4. The molecule has 4 nitrogen and oxygen atoms in total. The number of benzene rings is 1. The van der Waals surface area contributed by atoms with Crippen LogP contribution in [0.25, 0.3) is 11.0 Å². The molecule has 0 unspecified atom stereocenters. The first-order chi connectivity index (χ1) is 11.2. The Hall–Kier alpha value is -2.23. The second-order valence-electron chi connectivity index (χ2n) is 7.03. The zero-order valence-electron chi connectivity index (χ0n) is 15.4. The van der Waals surface area contributed by atoms with Gasteiger partial charge in [0.25, 0.3) is 0 Å². The molecular weight excluding hydrogens is 304 g/mol. The zero-order chi connectivity index (χ0) is 17.9. The number of carbonyl (C=O) groups excluding carboxylic acids is 1. The topological polar surface area (TPSA) is 48.7 Å². The van der Waals surface area contributed by atoms with Gasteiger partial charge in [-0.15, -0.1) is 0 Å². The molecule has 0 fully saturated rings. The highest BCUT2D eigenvalue weighted by molar-refractivity contribution is 6.05. The van der Waals surface area contributed by atoms with Crippen molar-refractivity contribution in [3.05, 3.63) is 41.2 Å². The molecule has 0 aliphatic rings. The Morgan fingerprint density at radius 3 is 2.54 bits per heavy atom. The smallest absolute Gasteiger partial charge is 0.342 e. The number of allylic oxidation sites excluding steroid dienone is 1. The van der Waals surface area contributed by atoms with E-state index < -0.39 is 0 Å². The van der Waals surface area contributed by atoms with Crippen molar-refractivity contribution in [2.45, 2.75) is 47.0 Å². The second kappa shape index (κ2) is 7.12. The van der Waals surface area contributed by atoms with Gasteiger partial charge in [-0.2, -0.15) is 0 Å². The molecule has 24 heavy (non-hydrogen) atoms. The predicted octanol–water partition coefficient (Wildman–Crippen LogP) is 5.25. The van der Waals surface area contributed by atoms with Crippen LogP contribution >= 0.6 is 0 Å². The first-order valence-electron chi connectivity index (χ1n) is 8.24. The van der Waals surface area contributed by atoms with Crippen molar-refractivity contribution in [2.75, 3.05) is 13.2 Å². The molecule has 0 radical (unpaired) electrons. The quantitative estimate of drug-likeness (QED) is 0.555. The molecule has 1 heterocycles. The lowest BCUT2D eigenvalue weighted by Gasteiger charge is -2.16. The van der Waals surface area contributed by atoms with Crippen molar-refractivity contribution in [2.24, 2.45) is 0 Å². The molecule has 0 N–H and O–H groups in total. The van der Waals surface area contributed by atoms with Gasteiger partial charge in [-0.25, -0.2) is 4.79 Å². The van der Waals surface area contributed by atoms with E-state index in [1.165, 1.54) is 5.57 Å². The van der Waals surface area contributed by atoms with Crippen molar-refractivity contribution < 1.29 is 18.7 Å². The molecule has 1 aromatic carbocycles. The van der Waals surface area contributed by atoms with Crippen molar-refractivity contribution in [1.29, 1.82) is 0 Å². The van der Waals surface area contributed by atoms with Crippen LogP contribution in [0, 0.1) is 0 Å². The maximum absolute atomic E-state index is 12.5. The van der Waals surface area contributed by atoms with E-state index >= 15 is 0 Å². The van der Waals surface area contributed by atoms with E-state index in [2.05, 4.69) is 0 Å². The number of rotatable bonds is 5. The van der Waals surface area contributed by atoms with E-state index in [-0.39, 0.29) is 11.4 Å². The van der Waals surface area contributed by atoms with E-state index in [0.29, 0.717) is 35.9 Å². The average molecular weight is 330 g/mol. The van der Waals surface area contributed by atoms with Crippen LogP contribution in [0.1, 0.15) is 57.7 Å². The highest BCUT2D eigenvalue weighted by Gasteiger charge is 2.30. The molecule has 130 valence electrons. The summed E-state index contributed by atoms with van der Waals surface area (Å²) in [5.74, 6) is 0.979. The highest BCUT2D eigenvalue weighted by Crippen LogP contribution is 2.36. The van der Waals surface area contributed by atoms with Crippen LogP contribution in [-0.2, 0) is 10.2 Å². The Kier molecular flexibility index (Phi) is 5.37. The summed E-state index contributed by atoms with van der Waals surface area (Å²) in [5, 5.41) is 0.730. The second-order valence-corrected chi connectivity index (χ2v) is 7.03. The summed E-state index contributed by atoms with van der Waals surface area (Å²) < 4.78 is 16.9. The van der Waals surface area contributed by atoms with Crippen LogP contribution < -0.4 is 4.74 Å². The van der Waals surface area contributed by atoms with E-state index in [0.717, 1.165) is 5.39 Å². The van der Waals surface area contributed by atoms with Gasteiger partial charge in [-0.05, 0) is 45.0 Å². The van der Waals surface area contributed by atoms with Gasteiger partial charge in [0.05, 0.1) is 6.61 Å². The minimum Gasteiger partial charge on any atom is -0.490 e. The monoisotopic (exact) mass is 330 g/mol. The summed E-state index contributed by atoms with van der Waals surface area (Å²) in [4.78, 5) is 12.5. The molecule has 0 saturated heterocycles. The summed E-state index contributed by atoms with van der Waals surface area (Å²) in [7, 11) is 0. The van der Waals surface area contributed by atoms with Crippen molar-refractivity contribution in [3.63, 3.8) is 0 Å².